The fourth-order valence-electron chi connectivity index (χ4n) is 8.20. The van der Waals surface area contributed by atoms with E-state index in [2.05, 4.69) is 0 Å². The molecule has 0 N–H and O–H groups in total. The van der Waals surface area contributed by atoms with Gasteiger partial charge >= 0.3 is 11.9 Å². The van der Waals surface area contributed by atoms with Crippen molar-refractivity contribution in [2.24, 2.45) is 28.6 Å². The Morgan fingerprint density at radius 1 is 1.21 bits per heavy atom. The summed E-state index contributed by atoms with van der Waals surface area (Å²) in [6, 6.07) is 3.05. The number of alkyl halides is 2. The van der Waals surface area contributed by atoms with E-state index in [1.807, 2.05) is 26.8 Å². The monoisotopic (exact) mass is 562 g/mol. The molecule has 4 aliphatic rings. The van der Waals surface area contributed by atoms with Crippen molar-refractivity contribution in [1.82, 2.24) is 0 Å². The van der Waals surface area contributed by atoms with Gasteiger partial charge in [-0.25, -0.2) is 4.79 Å². The number of allylic oxidation sites excluding steroid dienone is 4. The van der Waals surface area contributed by atoms with Crippen LogP contribution in [0.5, 0.6) is 0 Å². The maximum Gasteiger partial charge on any atom is 0.375 e. The van der Waals surface area contributed by atoms with Crippen LogP contribution in [0.4, 0.5) is 0 Å². The molecule has 3 saturated carbocycles. The average molecular weight is 563 g/mol. The van der Waals surface area contributed by atoms with Gasteiger partial charge in [-0.1, -0.05) is 32.4 Å². The number of hydrogen-bond donors (Lipinski definition) is 0. The number of ether oxygens (including phenoxy) is 2. The average Bonchev–Trinajstić information content (AvgIpc) is 3.46. The second-order valence-corrected chi connectivity index (χ2v) is 12.8. The third kappa shape index (κ3) is 3.53. The van der Waals surface area contributed by atoms with E-state index in [-0.39, 0.29) is 29.8 Å². The minimum Gasteiger partial charge on any atom is -0.458 e. The predicted molar refractivity (Wildman–Crippen MR) is 140 cm³/mol. The highest BCUT2D eigenvalue weighted by Gasteiger charge is 2.76. The number of rotatable bonds is 5. The second kappa shape index (κ2) is 9.09. The zero-order valence-electron chi connectivity index (χ0n) is 21.9. The molecule has 38 heavy (non-hydrogen) atoms. The van der Waals surface area contributed by atoms with Gasteiger partial charge in [0.25, 0.3) is 0 Å². The zero-order valence-corrected chi connectivity index (χ0v) is 23.4. The Morgan fingerprint density at radius 2 is 1.95 bits per heavy atom. The van der Waals surface area contributed by atoms with E-state index in [0.29, 0.717) is 19.3 Å². The van der Waals surface area contributed by atoms with Crippen molar-refractivity contribution in [3.63, 3.8) is 0 Å². The number of halogens is 2. The first-order chi connectivity index (χ1) is 17.8. The lowest BCUT2D eigenvalue weighted by atomic mass is 9.46. The van der Waals surface area contributed by atoms with Crippen LogP contribution in [-0.2, 0) is 23.9 Å². The lowest BCUT2D eigenvalue weighted by Gasteiger charge is -2.64. The van der Waals surface area contributed by atoms with Crippen LogP contribution in [0.1, 0.15) is 63.9 Å². The van der Waals surface area contributed by atoms with Crippen LogP contribution < -0.4 is 0 Å². The molecule has 3 unspecified atom stereocenters. The second-order valence-electron chi connectivity index (χ2n) is 11.7. The molecule has 9 heteroatoms. The number of esters is 2. The smallest absolute Gasteiger partial charge is 0.375 e. The summed E-state index contributed by atoms with van der Waals surface area (Å²) in [5, 5.41) is -0.615. The third-order valence-electron chi connectivity index (χ3n) is 9.93. The standard InChI is InChI=1S/C29H32Cl2O7/c1-16-12-21-20-8-7-18-13-19(33)9-10-26(18,3)28(20,31)23(30)14-27(21,4)29(16,24(34)15-37-17(2)32)38-25(35)22-6-5-11-36-22/h5-6,9-11,13,16,20-21,23H,7-8,12,14-15H2,1-4H3/t16-,20?,21?,23?,26-,27-,28-,29-/m0/s1. The maximum atomic E-state index is 14.0. The highest BCUT2D eigenvalue weighted by molar-refractivity contribution is 6.34. The SMILES string of the molecule is CC(=O)OCC(=O)[C@@]1(OC(=O)c2ccco2)[C@@H](C)CC2C3CCC4=CC(=O)C=C[C@]4(C)[C@@]3(Cl)C(Cl)C[C@@]21C. The van der Waals surface area contributed by atoms with Crippen LogP contribution in [0.3, 0.4) is 0 Å². The van der Waals surface area contributed by atoms with Crippen LogP contribution in [0, 0.1) is 28.6 Å². The Labute approximate surface area is 231 Å². The number of furan rings is 1. The molecule has 1 heterocycles. The van der Waals surface area contributed by atoms with Gasteiger partial charge < -0.3 is 13.9 Å². The number of ketones is 2. The molecule has 4 aliphatic carbocycles. The Kier molecular flexibility index (Phi) is 6.50. The molecule has 0 aromatic carbocycles. The predicted octanol–water partition coefficient (Wildman–Crippen LogP) is 5.44. The van der Waals surface area contributed by atoms with Gasteiger partial charge in [0.05, 0.1) is 16.5 Å². The molecule has 1 aromatic rings. The molecule has 0 aliphatic heterocycles. The molecular weight excluding hydrogens is 531 g/mol. The molecule has 0 bridgehead atoms. The molecule has 3 fully saturated rings. The Bertz CT molecular complexity index is 1250. The summed E-state index contributed by atoms with van der Waals surface area (Å²) in [6.07, 6.45) is 8.69. The van der Waals surface area contributed by atoms with Crippen LogP contribution in [0.25, 0.3) is 0 Å². The number of Topliss-reactive ketones (excluding diaryl/α,β-unsaturated/α-hetero) is 1. The van der Waals surface area contributed by atoms with Crippen LogP contribution in [0.15, 0.2) is 46.6 Å². The van der Waals surface area contributed by atoms with Crippen molar-refractivity contribution in [3.05, 3.63) is 48.0 Å². The van der Waals surface area contributed by atoms with Crippen LogP contribution >= 0.6 is 23.2 Å². The van der Waals surface area contributed by atoms with Gasteiger partial charge in [0.2, 0.25) is 11.5 Å². The summed E-state index contributed by atoms with van der Waals surface area (Å²) in [4.78, 5) is 50.2. The number of carbonyl (C=O) groups is 4. The molecule has 0 saturated heterocycles. The van der Waals surface area contributed by atoms with Crippen molar-refractivity contribution in [2.75, 3.05) is 6.61 Å². The molecular formula is C29H32Cl2O7. The maximum absolute atomic E-state index is 14.0. The number of carbonyl (C=O) groups excluding carboxylic acids is 4. The molecule has 204 valence electrons. The lowest BCUT2D eigenvalue weighted by molar-refractivity contribution is -0.173. The third-order valence-corrected chi connectivity index (χ3v) is 11.5. The Hall–Kier alpha value is -2.38. The Morgan fingerprint density at radius 3 is 2.61 bits per heavy atom. The first-order valence-corrected chi connectivity index (χ1v) is 13.8. The van der Waals surface area contributed by atoms with E-state index in [1.54, 1.807) is 18.2 Å². The molecule has 7 nitrogen and oxygen atoms in total. The minimum absolute atomic E-state index is 0.0224. The minimum atomic E-state index is -1.61. The lowest BCUT2D eigenvalue weighted by Crippen LogP contribution is -2.68. The van der Waals surface area contributed by atoms with Gasteiger partial charge in [0.1, 0.15) is 0 Å². The summed E-state index contributed by atoms with van der Waals surface area (Å²) in [5.41, 5.74) is -2.18. The van der Waals surface area contributed by atoms with Gasteiger partial charge in [-0.05, 0) is 61.8 Å². The number of hydrogen-bond acceptors (Lipinski definition) is 7. The fourth-order valence-corrected chi connectivity index (χ4v) is 9.43. The van der Waals surface area contributed by atoms with Gasteiger partial charge in [0, 0.05) is 23.7 Å². The van der Waals surface area contributed by atoms with Crippen molar-refractivity contribution in [2.45, 2.75) is 69.2 Å². The van der Waals surface area contributed by atoms with Crippen LogP contribution in [0.2, 0.25) is 0 Å². The van der Waals surface area contributed by atoms with E-state index in [0.717, 1.165) is 5.57 Å². The molecule has 0 radical (unpaired) electrons. The molecule has 1 aromatic heterocycles. The highest BCUT2D eigenvalue weighted by Crippen LogP contribution is 2.73. The summed E-state index contributed by atoms with van der Waals surface area (Å²) >= 11 is 14.9. The van der Waals surface area contributed by atoms with Crippen molar-refractivity contribution < 1.29 is 33.1 Å². The summed E-state index contributed by atoms with van der Waals surface area (Å²) in [6.45, 7) is 6.58. The zero-order chi connectivity index (χ0) is 27.7. The fraction of sp³-hybridized carbons (Fsp3) is 0.586. The van der Waals surface area contributed by atoms with E-state index in [4.69, 9.17) is 37.1 Å². The van der Waals surface area contributed by atoms with E-state index >= 15 is 0 Å². The number of fused-ring (bicyclic) bond motifs is 5. The molecule has 5 rings (SSSR count). The van der Waals surface area contributed by atoms with Gasteiger partial charge in [-0.2, -0.15) is 0 Å². The van der Waals surface area contributed by atoms with Gasteiger partial charge in [-0.15, -0.1) is 23.2 Å². The summed E-state index contributed by atoms with van der Waals surface area (Å²) < 4.78 is 16.6. The van der Waals surface area contributed by atoms with Crippen molar-refractivity contribution in [1.29, 1.82) is 0 Å². The van der Waals surface area contributed by atoms with Crippen LogP contribution in [-0.4, -0.2) is 46.0 Å². The van der Waals surface area contributed by atoms with E-state index in [1.165, 1.54) is 19.3 Å². The first-order valence-electron chi connectivity index (χ1n) is 13.0. The van der Waals surface area contributed by atoms with Crippen molar-refractivity contribution in [3.8, 4) is 0 Å². The van der Waals surface area contributed by atoms with E-state index < -0.39 is 56.9 Å². The largest absolute Gasteiger partial charge is 0.458 e. The summed E-state index contributed by atoms with van der Waals surface area (Å²) in [7, 11) is 0. The van der Waals surface area contributed by atoms with Gasteiger partial charge in [0.15, 0.2) is 18.0 Å². The van der Waals surface area contributed by atoms with Gasteiger partial charge in [-0.3, -0.25) is 14.4 Å². The van der Waals surface area contributed by atoms with Crippen molar-refractivity contribution >= 4 is 46.7 Å². The molecule has 8 atom stereocenters. The highest BCUT2D eigenvalue weighted by atomic mass is 35.5. The topological polar surface area (TPSA) is 99.9 Å². The molecule has 0 spiro atoms. The Balaban J connectivity index is 1.61. The quantitative estimate of drug-likeness (QED) is 0.348. The van der Waals surface area contributed by atoms with E-state index in [9.17, 15) is 19.2 Å². The molecule has 0 amide bonds. The first kappa shape index (κ1) is 27.2. The summed E-state index contributed by atoms with van der Waals surface area (Å²) in [5.74, 6) is -2.59. The normalized spacial score (nSPS) is 41.4.